The Labute approximate surface area is 178 Å². The predicted molar refractivity (Wildman–Crippen MR) is 119 cm³/mol. The SMILES string of the molecule is CN1CC(=O)N(C2CCC2)Cc2c1ncnc2N1CCC(Cc2ccccc2)CC1. The zero-order valence-corrected chi connectivity index (χ0v) is 17.8. The Balaban J connectivity index is 1.34. The number of hydrogen-bond donors (Lipinski definition) is 0. The van der Waals surface area contributed by atoms with Gasteiger partial charge in [-0.25, -0.2) is 9.97 Å². The van der Waals surface area contributed by atoms with Crippen LogP contribution in [0.2, 0.25) is 0 Å². The molecule has 2 aliphatic heterocycles. The molecular weight excluding hydrogens is 374 g/mol. The van der Waals surface area contributed by atoms with Crippen molar-refractivity contribution in [2.75, 3.05) is 36.5 Å². The first kappa shape index (κ1) is 19.3. The van der Waals surface area contributed by atoms with Crippen LogP contribution in [0.4, 0.5) is 11.6 Å². The molecule has 1 aromatic heterocycles. The van der Waals surface area contributed by atoms with Crippen molar-refractivity contribution in [3.63, 3.8) is 0 Å². The van der Waals surface area contributed by atoms with Crippen LogP contribution in [0.25, 0.3) is 0 Å². The van der Waals surface area contributed by atoms with Crippen molar-refractivity contribution in [3.05, 3.63) is 47.8 Å². The van der Waals surface area contributed by atoms with Crippen LogP contribution in [0.3, 0.4) is 0 Å². The minimum Gasteiger partial charge on any atom is -0.356 e. The number of fused-ring (bicyclic) bond motifs is 1. The van der Waals surface area contributed by atoms with Crippen molar-refractivity contribution >= 4 is 17.5 Å². The van der Waals surface area contributed by atoms with Gasteiger partial charge in [-0.15, -0.1) is 0 Å². The van der Waals surface area contributed by atoms with Crippen molar-refractivity contribution in [2.24, 2.45) is 5.92 Å². The fraction of sp³-hybridized carbons (Fsp3) is 0.542. The van der Waals surface area contributed by atoms with E-state index in [0.29, 0.717) is 19.1 Å². The summed E-state index contributed by atoms with van der Waals surface area (Å²) in [5.41, 5.74) is 2.56. The monoisotopic (exact) mass is 405 g/mol. The number of anilines is 2. The quantitative estimate of drug-likeness (QED) is 0.781. The first-order valence-electron chi connectivity index (χ1n) is 11.3. The predicted octanol–water partition coefficient (Wildman–Crippen LogP) is 3.27. The van der Waals surface area contributed by atoms with E-state index in [9.17, 15) is 4.79 Å². The van der Waals surface area contributed by atoms with E-state index in [-0.39, 0.29) is 5.91 Å². The lowest BCUT2D eigenvalue weighted by Crippen LogP contribution is -2.45. The Hall–Kier alpha value is -2.63. The molecule has 2 fully saturated rings. The summed E-state index contributed by atoms with van der Waals surface area (Å²) in [6, 6.07) is 11.2. The topological polar surface area (TPSA) is 52.6 Å². The Bertz CT molecular complexity index is 890. The van der Waals surface area contributed by atoms with Crippen LogP contribution in [0, 0.1) is 5.92 Å². The van der Waals surface area contributed by atoms with Gasteiger partial charge in [-0.05, 0) is 50.0 Å². The molecule has 158 valence electrons. The van der Waals surface area contributed by atoms with Crippen molar-refractivity contribution in [1.29, 1.82) is 0 Å². The normalized spacial score (nSPS) is 20.7. The average molecular weight is 406 g/mol. The maximum absolute atomic E-state index is 12.9. The van der Waals surface area contributed by atoms with Gasteiger partial charge in [0.25, 0.3) is 0 Å². The van der Waals surface area contributed by atoms with Gasteiger partial charge in [0.1, 0.15) is 18.0 Å². The maximum Gasteiger partial charge on any atom is 0.242 e. The molecule has 0 unspecified atom stereocenters. The molecule has 1 amide bonds. The molecule has 3 aliphatic rings. The molecule has 0 radical (unpaired) electrons. The molecule has 1 aromatic carbocycles. The number of benzene rings is 1. The van der Waals surface area contributed by atoms with Crippen molar-refractivity contribution in [2.45, 2.75) is 51.1 Å². The molecule has 6 heteroatoms. The van der Waals surface area contributed by atoms with Crippen molar-refractivity contribution in [1.82, 2.24) is 14.9 Å². The van der Waals surface area contributed by atoms with Gasteiger partial charge < -0.3 is 14.7 Å². The summed E-state index contributed by atoms with van der Waals surface area (Å²) < 4.78 is 0. The Morgan fingerprint density at radius 2 is 1.70 bits per heavy atom. The molecule has 3 heterocycles. The molecule has 6 nitrogen and oxygen atoms in total. The number of carbonyl (C=O) groups is 1. The largest absolute Gasteiger partial charge is 0.356 e. The van der Waals surface area contributed by atoms with Gasteiger partial charge in [0, 0.05) is 26.2 Å². The lowest BCUT2D eigenvalue weighted by Gasteiger charge is -2.38. The van der Waals surface area contributed by atoms with Crippen LogP contribution in [0.5, 0.6) is 0 Å². The summed E-state index contributed by atoms with van der Waals surface area (Å²) >= 11 is 0. The van der Waals surface area contributed by atoms with Gasteiger partial charge in [0.15, 0.2) is 0 Å². The summed E-state index contributed by atoms with van der Waals surface area (Å²) in [4.78, 5) is 28.6. The standard InChI is InChI=1S/C24H31N5O/c1-27-16-22(30)29(20-8-5-9-20)15-21-23(27)25-17-26-24(21)28-12-10-19(11-13-28)14-18-6-3-2-4-7-18/h2-4,6-7,17,19-20H,5,8-16H2,1H3. The number of amides is 1. The number of rotatable bonds is 4. The first-order chi connectivity index (χ1) is 14.7. The maximum atomic E-state index is 12.9. The summed E-state index contributed by atoms with van der Waals surface area (Å²) in [6.07, 6.45) is 8.65. The number of nitrogens with zero attached hydrogens (tertiary/aromatic N) is 5. The molecule has 0 N–H and O–H groups in total. The van der Waals surface area contributed by atoms with Crippen molar-refractivity contribution in [3.8, 4) is 0 Å². The molecule has 0 atom stereocenters. The Morgan fingerprint density at radius 3 is 2.40 bits per heavy atom. The van der Waals surface area contributed by atoms with E-state index in [1.165, 1.54) is 24.8 Å². The number of hydrogen-bond acceptors (Lipinski definition) is 5. The van der Waals surface area contributed by atoms with Gasteiger partial charge >= 0.3 is 0 Å². The third-order valence-electron chi connectivity index (χ3n) is 7.08. The highest BCUT2D eigenvalue weighted by atomic mass is 16.2. The summed E-state index contributed by atoms with van der Waals surface area (Å²) in [6.45, 7) is 3.08. The van der Waals surface area contributed by atoms with Gasteiger partial charge in [-0.3, -0.25) is 4.79 Å². The minimum absolute atomic E-state index is 0.215. The van der Waals surface area contributed by atoms with E-state index in [2.05, 4.69) is 45.1 Å². The smallest absolute Gasteiger partial charge is 0.242 e. The van der Waals surface area contributed by atoms with E-state index >= 15 is 0 Å². The highest BCUT2D eigenvalue weighted by molar-refractivity contribution is 5.84. The molecule has 1 saturated carbocycles. The van der Waals surface area contributed by atoms with Crippen molar-refractivity contribution < 1.29 is 4.79 Å². The van der Waals surface area contributed by atoms with Crippen LogP contribution in [0.1, 0.15) is 43.2 Å². The fourth-order valence-electron chi connectivity index (χ4n) is 5.09. The van der Waals surface area contributed by atoms with E-state index in [0.717, 1.165) is 55.5 Å². The number of likely N-dealkylation sites (N-methyl/N-ethyl adjacent to an activating group) is 1. The molecule has 0 bridgehead atoms. The lowest BCUT2D eigenvalue weighted by molar-refractivity contribution is -0.134. The highest BCUT2D eigenvalue weighted by Gasteiger charge is 2.35. The van der Waals surface area contributed by atoms with Crippen LogP contribution in [0.15, 0.2) is 36.7 Å². The van der Waals surface area contributed by atoms with Crippen LogP contribution in [-0.2, 0) is 17.8 Å². The molecule has 30 heavy (non-hydrogen) atoms. The summed E-state index contributed by atoms with van der Waals surface area (Å²) in [7, 11) is 1.98. The van der Waals surface area contributed by atoms with Gasteiger partial charge in [-0.2, -0.15) is 0 Å². The van der Waals surface area contributed by atoms with Gasteiger partial charge in [0.2, 0.25) is 5.91 Å². The summed E-state index contributed by atoms with van der Waals surface area (Å²) in [5.74, 6) is 2.89. The third-order valence-corrected chi connectivity index (χ3v) is 7.08. The van der Waals surface area contributed by atoms with Crippen LogP contribution < -0.4 is 9.80 Å². The van der Waals surface area contributed by atoms with E-state index < -0.39 is 0 Å². The number of aromatic nitrogens is 2. The minimum atomic E-state index is 0.215. The highest BCUT2D eigenvalue weighted by Crippen LogP contribution is 2.35. The molecular formula is C24H31N5O. The molecule has 1 saturated heterocycles. The molecule has 5 rings (SSSR count). The zero-order chi connectivity index (χ0) is 20.5. The number of carbonyl (C=O) groups excluding carboxylic acids is 1. The zero-order valence-electron chi connectivity index (χ0n) is 17.8. The fourth-order valence-corrected chi connectivity index (χ4v) is 5.09. The van der Waals surface area contributed by atoms with Gasteiger partial charge in [0.05, 0.1) is 18.7 Å². The third kappa shape index (κ3) is 3.75. The van der Waals surface area contributed by atoms with Crippen LogP contribution >= 0.6 is 0 Å². The molecule has 2 aromatic rings. The Morgan fingerprint density at radius 1 is 0.967 bits per heavy atom. The van der Waals surface area contributed by atoms with Crippen LogP contribution in [-0.4, -0.2) is 53.5 Å². The Kier molecular flexibility index (Phi) is 5.32. The second-order valence-electron chi connectivity index (χ2n) is 9.08. The molecule has 0 spiro atoms. The van der Waals surface area contributed by atoms with E-state index in [1.807, 2.05) is 11.9 Å². The van der Waals surface area contributed by atoms with Gasteiger partial charge in [-0.1, -0.05) is 30.3 Å². The lowest BCUT2D eigenvalue weighted by atomic mass is 9.90. The first-order valence-corrected chi connectivity index (χ1v) is 11.3. The summed E-state index contributed by atoms with van der Waals surface area (Å²) in [5, 5.41) is 0. The van der Waals surface area contributed by atoms with E-state index in [1.54, 1.807) is 6.33 Å². The number of piperidine rings is 1. The molecule has 1 aliphatic carbocycles. The average Bonchev–Trinajstić information content (AvgIpc) is 2.85. The second kappa shape index (κ2) is 8.25. The second-order valence-corrected chi connectivity index (χ2v) is 9.08. The van der Waals surface area contributed by atoms with E-state index in [4.69, 9.17) is 4.98 Å².